The van der Waals surface area contributed by atoms with Crippen LogP contribution in [0.3, 0.4) is 0 Å². The van der Waals surface area contributed by atoms with Gasteiger partial charge in [-0.2, -0.15) is 0 Å². The smallest absolute Gasteiger partial charge is 0.207 e. The van der Waals surface area contributed by atoms with Crippen molar-refractivity contribution >= 4 is 39.2 Å². The molecule has 0 radical (unpaired) electrons. The lowest BCUT2D eigenvalue weighted by molar-refractivity contribution is 0.638. The molecule has 3 nitrogen and oxygen atoms in total. The molecule has 0 fully saturated rings. The van der Waals surface area contributed by atoms with E-state index < -0.39 is 0 Å². The Kier molecular flexibility index (Phi) is 4.66. The van der Waals surface area contributed by atoms with E-state index in [9.17, 15) is 0 Å². The fraction of sp³-hybridized carbons (Fsp3) is 0.308. The fourth-order valence-electron chi connectivity index (χ4n) is 1.66. The van der Waals surface area contributed by atoms with Crippen LogP contribution in [0.15, 0.2) is 35.1 Å². The first-order valence-electron chi connectivity index (χ1n) is 5.94. The molecule has 0 saturated heterocycles. The molecule has 0 aliphatic rings. The molecule has 1 aromatic carbocycles. The predicted molar refractivity (Wildman–Crippen MR) is 79.6 cm³/mol. The van der Waals surface area contributed by atoms with Crippen LogP contribution >= 0.6 is 27.5 Å². The van der Waals surface area contributed by atoms with Gasteiger partial charge in [-0.3, -0.25) is 0 Å². The summed E-state index contributed by atoms with van der Waals surface area (Å²) in [5.41, 5.74) is 0.923. The van der Waals surface area contributed by atoms with Crippen LogP contribution in [0.25, 0.3) is 0 Å². The van der Waals surface area contributed by atoms with Gasteiger partial charge in [0.2, 0.25) is 5.95 Å². The predicted octanol–water partition coefficient (Wildman–Crippen LogP) is 4.84. The van der Waals surface area contributed by atoms with Crippen molar-refractivity contribution in [2.45, 2.75) is 26.3 Å². The topological polar surface area (TPSA) is 29.9 Å². The number of hydrogen-bond acceptors (Lipinski definition) is 2. The second-order valence-electron chi connectivity index (χ2n) is 4.05. The Labute approximate surface area is 120 Å². The van der Waals surface area contributed by atoms with Crippen LogP contribution in [-0.2, 0) is 6.54 Å². The van der Waals surface area contributed by atoms with Crippen LogP contribution in [0, 0.1) is 0 Å². The van der Waals surface area contributed by atoms with E-state index in [2.05, 4.69) is 37.7 Å². The fourth-order valence-corrected chi connectivity index (χ4v) is 2.17. The van der Waals surface area contributed by atoms with Crippen molar-refractivity contribution in [3.63, 3.8) is 0 Å². The van der Waals surface area contributed by atoms with Crippen molar-refractivity contribution in [3.8, 4) is 0 Å². The zero-order valence-electron chi connectivity index (χ0n) is 10.2. The van der Waals surface area contributed by atoms with Crippen LogP contribution in [0.2, 0.25) is 5.02 Å². The minimum Gasteiger partial charge on any atom is -0.325 e. The van der Waals surface area contributed by atoms with Crippen molar-refractivity contribution in [2.24, 2.45) is 0 Å². The van der Waals surface area contributed by atoms with E-state index in [1.54, 1.807) is 6.20 Å². The maximum atomic E-state index is 5.99. The number of aromatic nitrogens is 2. The standard InChI is InChI=1S/C13H15BrClN3/c1-2-3-7-18-8-6-16-13(18)17-12-9-10(15)4-5-11(12)14/h4-6,8-9H,2-3,7H2,1H3,(H,16,17). The normalized spacial score (nSPS) is 10.6. The molecule has 1 heterocycles. The zero-order valence-corrected chi connectivity index (χ0v) is 12.5. The van der Waals surface area contributed by atoms with E-state index in [1.807, 2.05) is 24.4 Å². The Bertz CT molecular complexity index is 525. The van der Waals surface area contributed by atoms with Gasteiger partial charge in [-0.1, -0.05) is 24.9 Å². The molecule has 96 valence electrons. The third-order valence-electron chi connectivity index (χ3n) is 2.64. The highest BCUT2D eigenvalue weighted by Crippen LogP contribution is 2.28. The minimum absolute atomic E-state index is 0.701. The number of benzene rings is 1. The number of nitrogens with one attached hydrogen (secondary N) is 1. The van der Waals surface area contributed by atoms with Gasteiger partial charge in [-0.15, -0.1) is 0 Å². The number of aryl methyl sites for hydroxylation is 1. The van der Waals surface area contributed by atoms with Gasteiger partial charge in [0.25, 0.3) is 0 Å². The van der Waals surface area contributed by atoms with Gasteiger partial charge in [0.15, 0.2) is 0 Å². The van der Waals surface area contributed by atoms with Crippen molar-refractivity contribution in [1.29, 1.82) is 0 Å². The summed E-state index contributed by atoms with van der Waals surface area (Å²) in [6, 6.07) is 5.65. The van der Waals surface area contributed by atoms with Crippen LogP contribution in [0.4, 0.5) is 11.6 Å². The molecule has 18 heavy (non-hydrogen) atoms. The molecule has 0 saturated carbocycles. The average molecular weight is 329 g/mol. The molecule has 0 bridgehead atoms. The van der Waals surface area contributed by atoms with E-state index in [0.717, 1.165) is 29.1 Å². The molecule has 0 aliphatic carbocycles. The molecular formula is C13H15BrClN3. The van der Waals surface area contributed by atoms with Crippen LogP contribution in [0.5, 0.6) is 0 Å². The Morgan fingerprint density at radius 3 is 3.06 bits per heavy atom. The van der Waals surface area contributed by atoms with Gasteiger partial charge in [-0.05, 0) is 40.5 Å². The first-order valence-corrected chi connectivity index (χ1v) is 7.11. The highest BCUT2D eigenvalue weighted by atomic mass is 79.9. The number of anilines is 2. The Morgan fingerprint density at radius 1 is 1.44 bits per heavy atom. The average Bonchev–Trinajstić information content (AvgIpc) is 2.79. The van der Waals surface area contributed by atoms with Crippen molar-refractivity contribution in [3.05, 3.63) is 40.1 Å². The maximum absolute atomic E-state index is 5.99. The lowest BCUT2D eigenvalue weighted by Gasteiger charge is -2.11. The van der Waals surface area contributed by atoms with E-state index in [0.29, 0.717) is 5.02 Å². The first kappa shape index (κ1) is 13.4. The number of rotatable bonds is 5. The molecule has 0 amide bonds. The summed E-state index contributed by atoms with van der Waals surface area (Å²) < 4.78 is 3.08. The number of nitrogens with zero attached hydrogens (tertiary/aromatic N) is 2. The summed E-state index contributed by atoms with van der Waals surface area (Å²) in [6.45, 7) is 3.15. The third-order valence-corrected chi connectivity index (χ3v) is 3.57. The quantitative estimate of drug-likeness (QED) is 0.851. The molecule has 0 atom stereocenters. The summed E-state index contributed by atoms with van der Waals surface area (Å²) in [7, 11) is 0. The molecule has 0 aliphatic heterocycles. The monoisotopic (exact) mass is 327 g/mol. The van der Waals surface area contributed by atoms with E-state index in [4.69, 9.17) is 11.6 Å². The highest BCUT2D eigenvalue weighted by Gasteiger charge is 2.06. The number of unbranched alkanes of at least 4 members (excludes halogenated alkanes) is 1. The first-order chi connectivity index (χ1) is 8.70. The molecule has 0 spiro atoms. The zero-order chi connectivity index (χ0) is 13.0. The summed E-state index contributed by atoms with van der Waals surface area (Å²) in [4.78, 5) is 4.32. The van der Waals surface area contributed by atoms with E-state index >= 15 is 0 Å². The molecular weight excluding hydrogens is 314 g/mol. The Balaban J connectivity index is 2.18. The lowest BCUT2D eigenvalue weighted by atomic mass is 10.3. The molecule has 1 aromatic heterocycles. The number of imidazole rings is 1. The van der Waals surface area contributed by atoms with Crippen molar-refractivity contribution in [2.75, 3.05) is 5.32 Å². The lowest BCUT2D eigenvalue weighted by Crippen LogP contribution is -2.03. The molecule has 5 heteroatoms. The molecule has 1 N–H and O–H groups in total. The second kappa shape index (κ2) is 6.25. The van der Waals surface area contributed by atoms with Crippen molar-refractivity contribution in [1.82, 2.24) is 9.55 Å². The molecule has 2 aromatic rings. The van der Waals surface area contributed by atoms with Gasteiger partial charge in [0.05, 0.1) is 5.69 Å². The van der Waals surface area contributed by atoms with Gasteiger partial charge in [0, 0.05) is 28.4 Å². The number of hydrogen-bond donors (Lipinski definition) is 1. The third kappa shape index (κ3) is 3.27. The summed E-state index contributed by atoms with van der Waals surface area (Å²) >= 11 is 9.49. The second-order valence-corrected chi connectivity index (χ2v) is 5.34. The van der Waals surface area contributed by atoms with Crippen LogP contribution < -0.4 is 5.32 Å². The summed E-state index contributed by atoms with van der Waals surface area (Å²) in [6.07, 6.45) is 6.09. The number of halogens is 2. The Hall–Kier alpha value is -1.000. The highest BCUT2D eigenvalue weighted by molar-refractivity contribution is 9.10. The Morgan fingerprint density at radius 2 is 2.28 bits per heavy atom. The van der Waals surface area contributed by atoms with Gasteiger partial charge in [0.1, 0.15) is 0 Å². The van der Waals surface area contributed by atoms with Gasteiger partial charge in [-0.25, -0.2) is 4.98 Å². The summed E-state index contributed by atoms with van der Waals surface area (Å²) in [5, 5.41) is 3.99. The molecule has 2 rings (SSSR count). The van der Waals surface area contributed by atoms with E-state index in [-0.39, 0.29) is 0 Å². The van der Waals surface area contributed by atoms with Gasteiger partial charge >= 0.3 is 0 Å². The van der Waals surface area contributed by atoms with Crippen LogP contribution in [0.1, 0.15) is 19.8 Å². The largest absolute Gasteiger partial charge is 0.325 e. The minimum atomic E-state index is 0.701. The van der Waals surface area contributed by atoms with E-state index in [1.165, 1.54) is 6.42 Å². The van der Waals surface area contributed by atoms with Gasteiger partial charge < -0.3 is 9.88 Å². The molecule has 0 unspecified atom stereocenters. The van der Waals surface area contributed by atoms with Crippen LogP contribution in [-0.4, -0.2) is 9.55 Å². The summed E-state index contributed by atoms with van der Waals surface area (Å²) in [5.74, 6) is 0.839. The maximum Gasteiger partial charge on any atom is 0.207 e. The van der Waals surface area contributed by atoms with Crippen molar-refractivity contribution < 1.29 is 0 Å². The SMILES string of the molecule is CCCCn1ccnc1Nc1cc(Cl)ccc1Br.